The number of halogens is 10. The first-order valence-corrected chi connectivity index (χ1v) is 19.0. The standard InChI is InChI=1S/C36H28ClF9N10O2S/c1-15-5-20-29(32(43)44)51-55(31(20)36(15,45)46)14-26(57)49-23(8-16-6-17(38)9-18(39)7-16)35-50-22(33-47-11-19(40)12-48-33)10-27(58)56(35)24-4-3-21(37)28-30(24)54(13-25(41)42)52-34(28)53-59-2/h3-4,6-7,9-12,15,23,25,32H,5,8,13-14H2,1-2H3,(H,49,57)(H,52,53). The molecule has 0 radical (unpaired) electrons. The van der Waals surface area contributed by atoms with Crippen molar-refractivity contribution in [1.29, 1.82) is 0 Å². The molecular formula is C36H28ClF9N10O2S. The maximum Gasteiger partial charge on any atom is 0.292 e. The Balaban J connectivity index is 1.45. The summed E-state index contributed by atoms with van der Waals surface area (Å²) in [6.45, 7) is -0.927. The minimum atomic E-state index is -3.66. The highest BCUT2D eigenvalue weighted by atomic mass is 35.5. The molecule has 1 aliphatic carbocycles. The van der Waals surface area contributed by atoms with Crippen molar-refractivity contribution in [3.8, 4) is 17.2 Å². The summed E-state index contributed by atoms with van der Waals surface area (Å²) in [6.07, 6.45) is -4.11. The Morgan fingerprint density at radius 1 is 1.00 bits per heavy atom. The molecule has 0 bridgehead atoms. The Kier molecular flexibility index (Phi) is 11.4. The smallest absolute Gasteiger partial charge is 0.292 e. The Morgan fingerprint density at radius 3 is 2.34 bits per heavy atom. The van der Waals surface area contributed by atoms with E-state index in [0.29, 0.717) is 10.7 Å². The van der Waals surface area contributed by atoms with E-state index in [9.17, 15) is 40.3 Å². The highest BCUT2D eigenvalue weighted by molar-refractivity contribution is 7.99. The van der Waals surface area contributed by atoms with Crippen molar-refractivity contribution < 1.29 is 44.3 Å². The molecule has 0 spiro atoms. The number of hydrogen-bond acceptors (Lipinski definition) is 9. The Bertz CT molecular complexity index is 2620. The van der Waals surface area contributed by atoms with Gasteiger partial charge in [0, 0.05) is 36.3 Å². The van der Waals surface area contributed by atoms with Crippen LogP contribution in [-0.4, -0.2) is 57.7 Å². The number of aromatic nitrogens is 8. The second kappa shape index (κ2) is 16.2. The molecule has 0 saturated heterocycles. The number of amides is 1. The molecule has 1 amide bonds. The molecule has 2 aromatic carbocycles. The number of hydrogen-bond donors (Lipinski definition) is 2. The molecule has 310 valence electrons. The molecule has 0 aliphatic heterocycles. The summed E-state index contributed by atoms with van der Waals surface area (Å²) < 4.78 is 135. The summed E-state index contributed by atoms with van der Waals surface area (Å²) in [7, 11) is 0. The predicted molar refractivity (Wildman–Crippen MR) is 197 cm³/mol. The molecule has 4 aromatic heterocycles. The van der Waals surface area contributed by atoms with Gasteiger partial charge in [-0.1, -0.05) is 30.5 Å². The lowest BCUT2D eigenvalue weighted by Crippen LogP contribution is -2.38. The van der Waals surface area contributed by atoms with E-state index in [1.54, 1.807) is 6.26 Å². The minimum Gasteiger partial charge on any atom is -0.344 e. The molecule has 2 N–H and O–H groups in total. The van der Waals surface area contributed by atoms with Crippen LogP contribution in [0, 0.1) is 23.4 Å². The molecule has 23 heteroatoms. The van der Waals surface area contributed by atoms with E-state index in [-0.39, 0.29) is 44.5 Å². The predicted octanol–water partition coefficient (Wildman–Crippen LogP) is 7.58. The third-order valence-electron chi connectivity index (χ3n) is 9.40. The first kappa shape index (κ1) is 41.5. The van der Waals surface area contributed by atoms with Gasteiger partial charge in [-0.2, -0.15) is 19.0 Å². The van der Waals surface area contributed by atoms with Crippen molar-refractivity contribution in [3.05, 3.63) is 110 Å². The van der Waals surface area contributed by atoms with Crippen LogP contribution in [-0.2, 0) is 36.6 Å². The third kappa shape index (κ3) is 8.06. The van der Waals surface area contributed by atoms with Crippen LogP contribution in [0.5, 0.6) is 0 Å². The summed E-state index contributed by atoms with van der Waals surface area (Å²) in [5.41, 5.74) is -3.98. The number of anilines is 1. The zero-order valence-electron chi connectivity index (χ0n) is 30.3. The van der Waals surface area contributed by atoms with Gasteiger partial charge in [-0.25, -0.2) is 45.7 Å². The van der Waals surface area contributed by atoms with E-state index in [4.69, 9.17) is 11.6 Å². The van der Waals surface area contributed by atoms with E-state index >= 15 is 8.78 Å². The first-order valence-electron chi connectivity index (χ1n) is 17.4. The Hall–Kier alpha value is -5.64. The molecule has 0 fully saturated rings. The monoisotopic (exact) mass is 870 g/mol. The summed E-state index contributed by atoms with van der Waals surface area (Å²) >= 11 is 7.61. The second-order valence-corrected chi connectivity index (χ2v) is 14.4. The van der Waals surface area contributed by atoms with Crippen molar-refractivity contribution in [2.45, 2.75) is 57.7 Å². The van der Waals surface area contributed by atoms with Crippen LogP contribution in [0.2, 0.25) is 5.02 Å². The number of nitrogens with zero attached hydrogens (tertiary/aromatic N) is 8. The summed E-state index contributed by atoms with van der Waals surface area (Å²) in [6, 6.07) is 4.18. The van der Waals surface area contributed by atoms with Gasteiger partial charge < -0.3 is 10.0 Å². The highest BCUT2D eigenvalue weighted by Gasteiger charge is 2.51. The van der Waals surface area contributed by atoms with Gasteiger partial charge in [-0.15, -0.1) is 0 Å². The van der Waals surface area contributed by atoms with Crippen molar-refractivity contribution >= 4 is 46.2 Å². The fraction of sp³-hybridized carbons (Fsp3) is 0.306. The van der Waals surface area contributed by atoms with Gasteiger partial charge in [0.2, 0.25) is 5.91 Å². The first-order chi connectivity index (χ1) is 28.0. The van der Waals surface area contributed by atoms with Crippen LogP contribution in [0.1, 0.15) is 47.7 Å². The van der Waals surface area contributed by atoms with Gasteiger partial charge in [0.25, 0.3) is 24.3 Å². The van der Waals surface area contributed by atoms with Gasteiger partial charge >= 0.3 is 0 Å². The number of benzene rings is 2. The average Bonchev–Trinajstić information content (AvgIpc) is 3.77. The molecule has 59 heavy (non-hydrogen) atoms. The molecule has 12 nitrogen and oxygen atoms in total. The molecule has 4 heterocycles. The SMILES string of the molecule is CSNc1nn(CC(F)F)c2c(-n3c(C(Cc4cc(F)cc(F)c4)NC(=O)Cn4nc(C(F)F)c5c4C(F)(F)C(C)C5)nc(-c4ncc(F)cn4)cc3=O)ccc(Cl)c12. The normalized spacial score (nSPS) is 15.3. The fourth-order valence-corrected chi connectivity index (χ4v) is 7.58. The molecule has 1 aliphatic rings. The lowest BCUT2D eigenvalue weighted by atomic mass is 10.0. The van der Waals surface area contributed by atoms with E-state index in [1.165, 1.54) is 12.1 Å². The molecule has 2 atom stereocenters. The molecular weight excluding hydrogens is 843 g/mol. The molecule has 6 aromatic rings. The Morgan fingerprint density at radius 2 is 1.69 bits per heavy atom. The topological polar surface area (TPSA) is 137 Å². The number of alkyl halides is 6. The largest absolute Gasteiger partial charge is 0.344 e. The summed E-state index contributed by atoms with van der Waals surface area (Å²) in [5, 5.41) is 10.5. The highest BCUT2D eigenvalue weighted by Crippen LogP contribution is 2.48. The van der Waals surface area contributed by atoms with Gasteiger partial charge in [-0.05, 0) is 36.2 Å². The van der Waals surface area contributed by atoms with Crippen molar-refractivity contribution in [2.75, 3.05) is 11.0 Å². The third-order valence-corrected chi connectivity index (χ3v) is 10.1. The van der Waals surface area contributed by atoms with Crippen LogP contribution < -0.4 is 15.6 Å². The number of carbonyl (C=O) groups excluding carboxylic acids is 1. The molecule has 0 saturated carbocycles. The van der Waals surface area contributed by atoms with Crippen molar-refractivity contribution in [3.63, 3.8) is 0 Å². The zero-order chi connectivity index (χ0) is 42.5. The number of rotatable bonds is 13. The van der Waals surface area contributed by atoms with Crippen LogP contribution in [0.15, 0.2) is 53.6 Å². The maximum atomic E-state index is 15.4. The maximum absolute atomic E-state index is 15.4. The number of nitrogens with one attached hydrogen (secondary N) is 2. The fourth-order valence-electron chi connectivity index (χ4n) is 7.01. The van der Waals surface area contributed by atoms with Gasteiger partial charge in [0.1, 0.15) is 47.6 Å². The van der Waals surface area contributed by atoms with E-state index < -0.39 is 108 Å². The van der Waals surface area contributed by atoms with Gasteiger partial charge in [0.05, 0.1) is 40.0 Å². The van der Waals surface area contributed by atoms with Gasteiger partial charge in [0.15, 0.2) is 17.5 Å². The van der Waals surface area contributed by atoms with Crippen LogP contribution in [0.25, 0.3) is 28.1 Å². The van der Waals surface area contributed by atoms with Crippen LogP contribution >= 0.6 is 23.5 Å². The van der Waals surface area contributed by atoms with Crippen molar-refractivity contribution in [2.24, 2.45) is 5.92 Å². The second-order valence-electron chi connectivity index (χ2n) is 13.4. The quantitative estimate of drug-likeness (QED) is 0.0889. The van der Waals surface area contributed by atoms with Gasteiger partial charge in [-0.3, -0.25) is 23.5 Å². The van der Waals surface area contributed by atoms with Crippen LogP contribution in [0.4, 0.5) is 45.3 Å². The van der Waals surface area contributed by atoms with E-state index in [0.717, 1.165) is 58.7 Å². The molecule has 7 rings (SSSR count). The van der Waals surface area contributed by atoms with Crippen LogP contribution in [0.3, 0.4) is 0 Å². The lowest BCUT2D eigenvalue weighted by molar-refractivity contribution is -0.123. The average molecular weight is 871 g/mol. The minimum absolute atomic E-state index is 0.0147. The van der Waals surface area contributed by atoms with E-state index in [2.05, 4.69) is 35.2 Å². The zero-order valence-corrected chi connectivity index (χ0v) is 31.9. The lowest BCUT2D eigenvalue weighted by Gasteiger charge is -2.24. The number of carbonyl (C=O) groups is 1. The summed E-state index contributed by atoms with van der Waals surface area (Å²) in [4.78, 5) is 40.6. The van der Waals surface area contributed by atoms with Crippen molar-refractivity contribution in [1.82, 2.24) is 44.4 Å². The molecule has 2 unspecified atom stereocenters. The van der Waals surface area contributed by atoms with E-state index in [1.807, 2.05) is 0 Å². The number of fused-ring (bicyclic) bond motifs is 2. The summed E-state index contributed by atoms with van der Waals surface area (Å²) in [5.74, 6) is -9.92. The Labute approximate surface area is 335 Å².